The van der Waals surface area contributed by atoms with Gasteiger partial charge in [0.05, 0.1) is 6.20 Å². The van der Waals surface area contributed by atoms with E-state index >= 15 is 0 Å². The summed E-state index contributed by atoms with van der Waals surface area (Å²) in [7, 11) is 0. The number of hydrogen-bond donors (Lipinski definition) is 1. The molecule has 0 aromatic carbocycles. The highest BCUT2D eigenvalue weighted by Crippen LogP contribution is 2.27. The Labute approximate surface area is 100 Å². The molecule has 0 saturated heterocycles. The molecule has 1 saturated carbocycles. The molecule has 0 spiro atoms. The maximum absolute atomic E-state index is 12.6. The van der Waals surface area contributed by atoms with Gasteiger partial charge in [0, 0.05) is 11.9 Å². The van der Waals surface area contributed by atoms with Crippen LogP contribution in [0.15, 0.2) is 18.3 Å². The molecule has 0 aliphatic heterocycles. The van der Waals surface area contributed by atoms with Crippen molar-refractivity contribution >= 4 is 17.4 Å². The van der Waals surface area contributed by atoms with E-state index in [0.717, 1.165) is 25.2 Å². The van der Waals surface area contributed by atoms with Gasteiger partial charge in [-0.1, -0.05) is 6.42 Å². The third-order valence-corrected chi connectivity index (χ3v) is 3.41. The number of anilines is 1. The molecule has 16 heavy (non-hydrogen) atoms. The van der Waals surface area contributed by atoms with Crippen molar-refractivity contribution < 1.29 is 4.39 Å². The fourth-order valence-corrected chi connectivity index (χ4v) is 2.55. The lowest BCUT2D eigenvalue weighted by Gasteiger charge is -2.25. The van der Waals surface area contributed by atoms with Crippen LogP contribution in [-0.2, 0) is 0 Å². The van der Waals surface area contributed by atoms with E-state index in [2.05, 4.69) is 10.3 Å². The topological polar surface area (TPSA) is 24.9 Å². The highest BCUT2D eigenvalue weighted by Gasteiger charge is 2.19. The standard InChI is InChI=1S/C12H16ClFN2/c13-10-3-1-2-9(6-10)7-15-12-5-4-11(14)8-16-12/h4-5,8-10H,1-3,6-7H2,(H,15,16). The maximum atomic E-state index is 12.6. The van der Waals surface area contributed by atoms with Gasteiger partial charge in [0.2, 0.25) is 0 Å². The van der Waals surface area contributed by atoms with Gasteiger partial charge >= 0.3 is 0 Å². The van der Waals surface area contributed by atoms with Crippen molar-refractivity contribution in [3.05, 3.63) is 24.1 Å². The molecule has 1 aliphatic carbocycles. The largest absolute Gasteiger partial charge is 0.370 e. The molecular weight excluding hydrogens is 227 g/mol. The maximum Gasteiger partial charge on any atom is 0.141 e. The van der Waals surface area contributed by atoms with Crippen LogP contribution in [0.5, 0.6) is 0 Å². The van der Waals surface area contributed by atoms with Crippen molar-refractivity contribution in [1.82, 2.24) is 4.98 Å². The second-order valence-electron chi connectivity index (χ2n) is 4.37. The number of nitrogens with one attached hydrogen (secondary N) is 1. The van der Waals surface area contributed by atoms with Gasteiger partial charge in [-0.25, -0.2) is 9.37 Å². The van der Waals surface area contributed by atoms with Crippen molar-refractivity contribution in [3.63, 3.8) is 0 Å². The number of alkyl halides is 1. The van der Waals surface area contributed by atoms with Gasteiger partial charge in [-0.2, -0.15) is 0 Å². The van der Waals surface area contributed by atoms with Crippen LogP contribution in [0.2, 0.25) is 0 Å². The van der Waals surface area contributed by atoms with E-state index in [-0.39, 0.29) is 5.82 Å². The fraction of sp³-hybridized carbons (Fsp3) is 0.583. The molecule has 1 aromatic rings. The van der Waals surface area contributed by atoms with Crippen LogP contribution in [0.25, 0.3) is 0 Å². The fourth-order valence-electron chi connectivity index (χ4n) is 2.14. The van der Waals surface area contributed by atoms with Crippen LogP contribution < -0.4 is 5.32 Å². The predicted octanol–water partition coefficient (Wildman–Crippen LogP) is 3.43. The Bertz CT molecular complexity index is 328. The molecule has 0 radical (unpaired) electrons. The molecule has 1 aliphatic rings. The van der Waals surface area contributed by atoms with Gasteiger partial charge in [-0.05, 0) is 37.3 Å². The molecule has 2 unspecified atom stereocenters. The summed E-state index contributed by atoms with van der Waals surface area (Å²) < 4.78 is 12.6. The summed E-state index contributed by atoms with van der Waals surface area (Å²) in [6.45, 7) is 0.877. The SMILES string of the molecule is Fc1ccc(NCC2CCCC(Cl)C2)nc1. The van der Waals surface area contributed by atoms with Crippen molar-refractivity contribution in [2.24, 2.45) is 5.92 Å². The summed E-state index contributed by atoms with van der Waals surface area (Å²) in [5.41, 5.74) is 0. The Kier molecular flexibility index (Phi) is 3.99. The molecule has 0 bridgehead atoms. The molecular formula is C12H16ClFN2. The van der Waals surface area contributed by atoms with Crippen molar-refractivity contribution in [3.8, 4) is 0 Å². The Morgan fingerprint density at radius 1 is 1.44 bits per heavy atom. The average molecular weight is 243 g/mol. The first-order valence-electron chi connectivity index (χ1n) is 5.73. The van der Waals surface area contributed by atoms with E-state index in [1.165, 1.54) is 25.1 Å². The molecule has 1 N–H and O–H groups in total. The molecule has 1 fully saturated rings. The molecule has 1 heterocycles. The molecule has 2 nitrogen and oxygen atoms in total. The summed E-state index contributed by atoms with van der Waals surface area (Å²) in [5.74, 6) is 1.05. The smallest absolute Gasteiger partial charge is 0.141 e. The average Bonchev–Trinajstić information content (AvgIpc) is 2.28. The number of hydrogen-bond acceptors (Lipinski definition) is 2. The monoisotopic (exact) mass is 242 g/mol. The first kappa shape index (κ1) is 11.6. The summed E-state index contributed by atoms with van der Waals surface area (Å²) in [4.78, 5) is 3.96. The summed E-state index contributed by atoms with van der Waals surface area (Å²) in [5, 5.41) is 3.55. The van der Waals surface area contributed by atoms with Crippen molar-refractivity contribution in [2.75, 3.05) is 11.9 Å². The molecule has 2 atom stereocenters. The zero-order chi connectivity index (χ0) is 11.4. The minimum absolute atomic E-state index is 0.302. The van der Waals surface area contributed by atoms with E-state index < -0.39 is 0 Å². The highest BCUT2D eigenvalue weighted by atomic mass is 35.5. The quantitative estimate of drug-likeness (QED) is 0.822. The predicted molar refractivity (Wildman–Crippen MR) is 64.3 cm³/mol. The van der Waals surface area contributed by atoms with Gasteiger partial charge < -0.3 is 5.32 Å². The summed E-state index contributed by atoms with van der Waals surface area (Å²) in [6.07, 6.45) is 5.85. The number of nitrogens with zero attached hydrogens (tertiary/aromatic N) is 1. The lowest BCUT2D eigenvalue weighted by atomic mass is 9.89. The molecule has 2 rings (SSSR count). The van der Waals surface area contributed by atoms with Gasteiger partial charge in [0.25, 0.3) is 0 Å². The number of pyridine rings is 1. The van der Waals surface area contributed by atoms with Crippen LogP contribution in [0.4, 0.5) is 10.2 Å². The van der Waals surface area contributed by atoms with E-state index in [9.17, 15) is 4.39 Å². The number of aromatic nitrogens is 1. The molecule has 1 aromatic heterocycles. The van der Waals surface area contributed by atoms with E-state index in [0.29, 0.717) is 11.3 Å². The van der Waals surface area contributed by atoms with Gasteiger partial charge in [-0.15, -0.1) is 11.6 Å². The zero-order valence-corrected chi connectivity index (χ0v) is 9.88. The zero-order valence-electron chi connectivity index (χ0n) is 9.13. The Morgan fingerprint density at radius 2 is 2.31 bits per heavy atom. The van der Waals surface area contributed by atoms with Gasteiger partial charge in [0.15, 0.2) is 0 Å². The highest BCUT2D eigenvalue weighted by molar-refractivity contribution is 6.20. The molecule has 88 valence electrons. The van der Waals surface area contributed by atoms with Crippen LogP contribution >= 0.6 is 11.6 Å². The Morgan fingerprint density at radius 3 is 3.00 bits per heavy atom. The lowest BCUT2D eigenvalue weighted by Crippen LogP contribution is -2.22. The number of rotatable bonds is 3. The van der Waals surface area contributed by atoms with Crippen LogP contribution in [0.1, 0.15) is 25.7 Å². The Hall–Kier alpha value is -0.830. The van der Waals surface area contributed by atoms with Crippen molar-refractivity contribution in [1.29, 1.82) is 0 Å². The lowest BCUT2D eigenvalue weighted by molar-refractivity contribution is 0.378. The van der Waals surface area contributed by atoms with Gasteiger partial charge in [-0.3, -0.25) is 0 Å². The third kappa shape index (κ3) is 3.34. The second kappa shape index (κ2) is 5.48. The first-order chi connectivity index (χ1) is 7.74. The molecule has 4 heteroatoms. The van der Waals surface area contributed by atoms with E-state index in [1.807, 2.05) is 0 Å². The molecule has 0 amide bonds. The normalized spacial score (nSPS) is 25.4. The third-order valence-electron chi connectivity index (χ3n) is 3.02. The summed E-state index contributed by atoms with van der Waals surface area (Å²) in [6, 6.07) is 3.08. The minimum atomic E-state index is -0.302. The van der Waals surface area contributed by atoms with E-state index in [1.54, 1.807) is 6.07 Å². The van der Waals surface area contributed by atoms with Gasteiger partial charge in [0.1, 0.15) is 11.6 Å². The minimum Gasteiger partial charge on any atom is -0.370 e. The Balaban J connectivity index is 1.80. The van der Waals surface area contributed by atoms with E-state index in [4.69, 9.17) is 11.6 Å². The summed E-state index contributed by atoms with van der Waals surface area (Å²) >= 11 is 6.12. The second-order valence-corrected chi connectivity index (χ2v) is 4.99. The van der Waals surface area contributed by atoms with Crippen LogP contribution in [0, 0.1) is 11.7 Å². The number of halogens is 2. The van der Waals surface area contributed by atoms with Crippen LogP contribution in [-0.4, -0.2) is 16.9 Å². The first-order valence-corrected chi connectivity index (χ1v) is 6.17. The van der Waals surface area contributed by atoms with Crippen LogP contribution in [0.3, 0.4) is 0 Å². The van der Waals surface area contributed by atoms with Crippen molar-refractivity contribution in [2.45, 2.75) is 31.1 Å².